The summed E-state index contributed by atoms with van der Waals surface area (Å²) in [6.07, 6.45) is 5.57. The van der Waals surface area contributed by atoms with Crippen LogP contribution in [0.2, 0.25) is 0 Å². The number of hydrogen-bond donors (Lipinski definition) is 1. The number of aromatic nitrogens is 2. The maximum absolute atomic E-state index is 13.8. The number of anilines is 1. The van der Waals surface area contributed by atoms with Crippen LogP contribution in [0.1, 0.15) is 81.6 Å². The second-order valence-corrected chi connectivity index (χ2v) is 13.7. The first-order chi connectivity index (χ1) is 19.2. The Morgan fingerprint density at radius 1 is 1.02 bits per heavy atom. The monoisotopic (exact) mass is 583 g/mol. The molecule has 9 nitrogen and oxygen atoms in total. The summed E-state index contributed by atoms with van der Waals surface area (Å²) in [6.45, 7) is 9.47. The molecule has 3 aromatic rings. The molecule has 2 aliphatic heterocycles. The highest BCUT2D eigenvalue weighted by atomic mass is 32.2. The van der Waals surface area contributed by atoms with Crippen LogP contribution in [0.4, 0.5) is 5.00 Å². The quantitative estimate of drug-likeness (QED) is 0.427. The molecule has 4 heterocycles. The first kappa shape index (κ1) is 28.7. The molecule has 11 heteroatoms. The second kappa shape index (κ2) is 11.9. The first-order valence-electron chi connectivity index (χ1n) is 14.1. The standard InChI is InChI=1S/C29H37N5O4S2/c1-4-14-32-17-13-24-25(19-32)39-28(26(24)29(36)34-21(3)18-20(2)31-34)30-27(35)22-9-11-23(12-10-22)40(37,38)33-15-7-5-6-8-16-33/h9-12,18H,4-8,13-17,19H2,1-3H3,(H,30,35). The molecule has 1 N–H and O–H groups in total. The number of nitrogens with one attached hydrogen (secondary N) is 1. The van der Waals surface area contributed by atoms with E-state index in [1.807, 2.05) is 19.9 Å². The van der Waals surface area contributed by atoms with Gasteiger partial charge in [-0.25, -0.2) is 13.1 Å². The van der Waals surface area contributed by atoms with Crippen LogP contribution in [0.25, 0.3) is 0 Å². The molecule has 40 heavy (non-hydrogen) atoms. The lowest BCUT2D eigenvalue weighted by molar-refractivity contribution is 0.0942. The summed E-state index contributed by atoms with van der Waals surface area (Å²) >= 11 is 1.44. The van der Waals surface area contributed by atoms with Crippen LogP contribution in [0.3, 0.4) is 0 Å². The van der Waals surface area contributed by atoms with Crippen molar-refractivity contribution in [3.8, 4) is 0 Å². The highest BCUT2D eigenvalue weighted by Crippen LogP contribution is 2.38. The SMILES string of the molecule is CCCN1CCc2c(sc(NC(=O)c3ccc(S(=O)(=O)N4CCCCCC4)cc3)c2C(=O)n2nc(C)cc2C)C1. The van der Waals surface area contributed by atoms with E-state index in [1.54, 1.807) is 16.4 Å². The summed E-state index contributed by atoms with van der Waals surface area (Å²) in [4.78, 5) is 30.8. The molecule has 2 aliphatic rings. The van der Waals surface area contributed by atoms with Crippen LogP contribution in [0, 0.1) is 13.8 Å². The van der Waals surface area contributed by atoms with Crippen LogP contribution >= 0.6 is 11.3 Å². The molecular formula is C29H37N5O4S2. The van der Waals surface area contributed by atoms with Crippen LogP contribution < -0.4 is 5.32 Å². The van der Waals surface area contributed by atoms with Gasteiger partial charge in [-0.3, -0.25) is 14.5 Å². The van der Waals surface area contributed by atoms with Gasteiger partial charge < -0.3 is 5.32 Å². The molecule has 1 aromatic carbocycles. The molecule has 0 unspecified atom stereocenters. The summed E-state index contributed by atoms with van der Waals surface area (Å²) in [6, 6.07) is 7.94. The number of carbonyl (C=O) groups is 2. The lowest BCUT2D eigenvalue weighted by Gasteiger charge is -2.26. The van der Waals surface area contributed by atoms with Crippen LogP contribution in [-0.4, -0.2) is 65.4 Å². The molecule has 214 valence electrons. The fourth-order valence-electron chi connectivity index (χ4n) is 5.60. The van der Waals surface area contributed by atoms with E-state index in [1.165, 1.54) is 28.2 Å². The van der Waals surface area contributed by atoms with Crippen molar-refractivity contribution in [1.29, 1.82) is 0 Å². The van der Waals surface area contributed by atoms with Gasteiger partial charge in [-0.05, 0) is 82.0 Å². The zero-order valence-corrected chi connectivity index (χ0v) is 25.0. The van der Waals surface area contributed by atoms with E-state index >= 15 is 0 Å². The average molecular weight is 584 g/mol. The van der Waals surface area contributed by atoms with Gasteiger partial charge in [0.2, 0.25) is 10.0 Å². The fraction of sp³-hybridized carbons (Fsp3) is 0.483. The molecule has 0 bridgehead atoms. The van der Waals surface area contributed by atoms with Crippen LogP contribution in [0.15, 0.2) is 35.2 Å². The molecule has 0 atom stereocenters. The number of aryl methyl sites for hydroxylation is 2. The third kappa shape index (κ3) is 5.79. The predicted molar refractivity (Wildman–Crippen MR) is 157 cm³/mol. The van der Waals surface area contributed by atoms with Crippen molar-refractivity contribution in [3.05, 3.63) is 63.3 Å². The predicted octanol–water partition coefficient (Wildman–Crippen LogP) is 4.84. The van der Waals surface area contributed by atoms with Crippen molar-refractivity contribution in [2.75, 3.05) is 31.5 Å². The minimum Gasteiger partial charge on any atom is -0.313 e. The maximum atomic E-state index is 13.8. The van der Waals surface area contributed by atoms with Gasteiger partial charge in [-0.1, -0.05) is 19.8 Å². The van der Waals surface area contributed by atoms with Gasteiger partial charge in [0.05, 0.1) is 16.2 Å². The first-order valence-corrected chi connectivity index (χ1v) is 16.3. The molecule has 1 amide bonds. The van der Waals surface area contributed by atoms with E-state index in [4.69, 9.17) is 0 Å². The Bertz CT molecular complexity index is 1500. The summed E-state index contributed by atoms with van der Waals surface area (Å²) in [7, 11) is -3.60. The maximum Gasteiger partial charge on any atom is 0.281 e. The van der Waals surface area contributed by atoms with Crippen molar-refractivity contribution in [2.24, 2.45) is 0 Å². The molecule has 1 saturated heterocycles. The zero-order chi connectivity index (χ0) is 28.4. The van der Waals surface area contributed by atoms with Gasteiger partial charge in [-0.15, -0.1) is 11.3 Å². The lowest BCUT2D eigenvalue weighted by Crippen LogP contribution is -2.32. The molecule has 0 spiro atoms. The van der Waals surface area contributed by atoms with E-state index in [-0.39, 0.29) is 16.7 Å². The number of thiophene rings is 1. The van der Waals surface area contributed by atoms with Gasteiger partial charge in [0.15, 0.2) is 0 Å². The molecule has 0 radical (unpaired) electrons. The van der Waals surface area contributed by atoms with Gasteiger partial charge in [0.1, 0.15) is 5.00 Å². The van der Waals surface area contributed by atoms with Gasteiger partial charge in [0, 0.05) is 42.3 Å². The Hall–Kier alpha value is -2.86. The largest absolute Gasteiger partial charge is 0.313 e. The highest BCUT2D eigenvalue weighted by Gasteiger charge is 2.31. The Balaban J connectivity index is 1.42. The van der Waals surface area contributed by atoms with E-state index in [2.05, 4.69) is 22.2 Å². The van der Waals surface area contributed by atoms with Crippen molar-refractivity contribution in [2.45, 2.75) is 70.7 Å². The molecule has 0 aliphatic carbocycles. The van der Waals surface area contributed by atoms with Crippen molar-refractivity contribution >= 4 is 38.2 Å². The number of sulfonamides is 1. The van der Waals surface area contributed by atoms with E-state index in [0.29, 0.717) is 29.2 Å². The number of hydrogen-bond acceptors (Lipinski definition) is 7. The van der Waals surface area contributed by atoms with Crippen molar-refractivity contribution < 1.29 is 18.0 Å². The molecular weight excluding hydrogens is 546 g/mol. The third-order valence-corrected chi connectivity index (χ3v) is 10.7. The van der Waals surface area contributed by atoms with Gasteiger partial charge in [-0.2, -0.15) is 9.40 Å². The van der Waals surface area contributed by atoms with E-state index < -0.39 is 10.0 Å². The summed E-state index contributed by atoms with van der Waals surface area (Å²) in [5, 5.41) is 7.89. The molecule has 0 saturated carbocycles. The van der Waals surface area contributed by atoms with Crippen molar-refractivity contribution in [3.63, 3.8) is 0 Å². The Morgan fingerprint density at radius 3 is 2.35 bits per heavy atom. The van der Waals surface area contributed by atoms with Crippen LogP contribution in [0.5, 0.6) is 0 Å². The number of rotatable bonds is 7. The minimum absolute atomic E-state index is 0.189. The summed E-state index contributed by atoms with van der Waals surface area (Å²) in [5.74, 6) is -0.633. The Labute approximate surface area is 240 Å². The molecule has 5 rings (SSSR count). The fourth-order valence-corrected chi connectivity index (χ4v) is 8.40. The molecule has 2 aromatic heterocycles. The number of fused-ring (bicyclic) bond motifs is 1. The Morgan fingerprint density at radius 2 is 1.73 bits per heavy atom. The second-order valence-electron chi connectivity index (χ2n) is 10.7. The lowest BCUT2D eigenvalue weighted by atomic mass is 10.0. The third-order valence-electron chi connectivity index (χ3n) is 7.64. The van der Waals surface area contributed by atoms with Gasteiger partial charge >= 0.3 is 0 Å². The zero-order valence-electron chi connectivity index (χ0n) is 23.4. The normalized spacial score (nSPS) is 16.9. The highest BCUT2D eigenvalue weighted by molar-refractivity contribution is 7.89. The molecule has 1 fully saturated rings. The topological polar surface area (TPSA) is 105 Å². The minimum atomic E-state index is -3.60. The van der Waals surface area contributed by atoms with E-state index in [0.717, 1.165) is 80.0 Å². The van der Waals surface area contributed by atoms with Gasteiger partial charge in [0.25, 0.3) is 11.8 Å². The summed E-state index contributed by atoms with van der Waals surface area (Å²) < 4.78 is 29.3. The van der Waals surface area contributed by atoms with Crippen molar-refractivity contribution in [1.82, 2.24) is 19.0 Å². The number of amides is 1. The smallest absolute Gasteiger partial charge is 0.281 e. The van der Waals surface area contributed by atoms with E-state index in [9.17, 15) is 18.0 Å². The average Bonchev–Trinajstić information content (AvgIpc) is 3.31. The number of carbonyl (C=O) groups excluding carboxylic acids is 2. The Kier molecular flexibility index (Phi) is 8.55. The number of nitrogens with zero attached hydrogens (tertiary/aromatic N) is 4. The summed E-state index contributed by atoms with van der Waals surface area (Å²) in [5.41, 5.74) is 3.30. The van der Waals surface area contributed by atoms with Crippen LogP contribution in [-0.2, 0) is 23.0 Å². The number of benzene rings is 1.